The van der Waals surface area contributed by atoms with Crippen molar-refractivity contribution in [1.82, 2.24) is 15.5 Å². The summed E-state index contributed by atoms with van der Waals surface area (Å²) < 4.78 is 5.27. The van der Waals surface area contributed by atoms with Crippen molar-refractivity contribution in [3.8, 4) is 5.75 Å². The molecule has 0 spiro atoms. The first-order valence-electron chi connectivity index (χ1n) is 9.16. The van der Waals surface area contributed by atoms with Crippen molar-refractivity contribution in [2.45, 2.75) is 45.7 Å². The molecule has 1 aliphatic rings. The van der Waals surface area contributed by atoms with E-state index in [4.69, 9.17) is 9.73 Å². The molecule has 0 aliphatic carbocycles. The van der Waals surface area contributed by atoms with Gasteiger partial charge in [-0.15, -0.1) is 24.0 Å². The number of nitrogens with one attached hydrogen (secondary N) is 2. The minimum absolute atomic E-state index is 0. The molecule has 1 aromatic rings. The van der Waals surface area contributed by atoms with Gasteiger partial charge in [-0.05, 0) is 57.0 Å². The number of rotatable bonds is 8. The molecule has 1 aliphatic heterocycles. The molecule has 6 heteroatoms. The van der Waals surface area contributed by atoms with Crippen LogP contribution in [0.4, 0.5) is 0 Å². The van der Waals surface area contributed by atoms with Crippen LogP contribution in [0.25, 0.3) is 0 Å². The predicted octanol–water partition coefficient (Wildman–Crippen LogP) is 3.24. The van der Waals surface area contributed by atoms with Crippen molar-refractivity contribution >= 4 is 29.9 Å². The van der Waals surface area contributed by atoms with Crippen molar-refractivity contribution in [3.05, 3.63) is 29.8 Å². The van der Waals surface area contributed by atoms with E-state index in [1.807, 2.05) is 18.2 Å². The van der Waals surface area contributed by atoms with Crippen LogP contribution < -0.4 is 15.4 Å². The number of hydrogen-bond acceptors (Lipinski definition) is 3. The van der Waals surface area contributed by atoms with Gasteiger partial charge in [0.25, 0.3) is 0 Å². The fourth-order valence-electron chi connectivity index (χ4n) is 3.14. The van der Waals surface area contributed by atoms with E-state index in [2.05, 4.69) is 35.4 Å². The van der Waals surface area contributed by atoms with Gasteiger partial charge in [0.1, 0.15) is 5.75 Å². The van der Waals surface area contributed by atoms with Crippen LogP contribution in [0.15, 0.2) is 29.3 Å². The molecule has 1 fully saturated rings. The summed E-state index contributed by atoms with van der Waals surface area (Å²) in [7, 11) is 1.69. The maximum Gasteiger partial charge on any atom is 0.191 e. The molecule has 2 N–H and O–H groups in total. The lowest BCUT2D eigenvalue weighted by Gasteiger charge is -2.27. The third-order valence-electron chi connectivity index (χ3n) is 4.53. The van der Waals surface area contributed by atoms with Crippen molar-refractivity contribution in [3.63, 3.8) is 0 Å². The highest BCUT2D eigenvalue weighted by Crippen LogP contribution is 2.14. The number of aliphatic imine (C=N–C) groups is 1. The molecular formula is C19H33IN4O. The van der Waals surface area contributed by atoms with Crippen LogP contribution in [0.2, 0.25) is 0 Å². The average molecular weight is 460 g/mol. The van der Waals surface area contributed by atoms with E-state index in [-0.39, 0.29) is 24.0 Å². The lowest BCUT2D eigenvalue weighted by molar-refractivity contribution is 0.236. The lowest BCUT2D eigenvalue weighted by Crippen LogP contribution is -2.46. The van der Waals surface area contributed by atoms with Gasteiger partial charge in [-0.2, -0.15) is 0 Å². The molecular weight excluding hydrogens is 427 g/mol. The van der Waals surface area contributed by atoms with E-state index in [1.165, 1.54) is 32.4 Å². The van der Waals surface area contributed by atoms with Gasteiger partial charge in [-0.1, -0.05) is 19.1 Å². The van der Waals surface area contributed by atoms with Crippen LogP contribution in [0.1, 0.15) is 38.7 Å². The Kier molecular flexibility index (Phi) is 10.9. The van der Waals surface area contributed by atoms with Crippen LogP contribution in [0.3, 0.4) is 0 Å². The van der Waals surface area contributed by atoms with Crippen molar-refractivity contribution in [1.29, 1.82) is 0 Å². The lowest BCUT2D eigenvalue weighted by atomic mass is 10.2. The molecule has 1 saturated heterocycles. The predicted molar refractivity (Wildman–Crippen MR) is 116 cm³/mol. The number of nitrogens with zero attached hydrogens (tertiary/aromatic N) is 2. The van der Waals surface area contributed by atoms with E-state index < -0.39 is 0 Å². The Bertz CT molecular complexity index is 518. The number of hydrogen-bond donors (Lipinski definition) is 2. The summed E-state index contributed by atoms with van der Waals surface area (Å²) in [5.41, 5.74) is 1.15. The molecule has 25 heavy (non-hydrogen) atoms. The van der Waals surface area contributed by atoms with Gasteiger partial charge in [0, 0.05) is 19.1 Å². The second kappa shape index (κ2) is 12.4. The number of halogens is 1. The second-order valence-corrected chi connectivity index (χ2v) is 6.23. The van der Waals surface area contributed by atoms with E-state index >= 15 is 0 Å². The van der Waals surface area contributed by atoms with E-state index in [0.717, 1.165) is 30.4 Å². The van der Waals surface area contributed by atoms with Gasteiger partial charge >= 0.3 is 0 Å². The zero-order valence-electron chi connectivity index (χ0n) is 15.8. The van der Waals surface area contributed by atoms with Crippen LogP contribution in [0, 0.1) is 0 Å². The van der Waals surface area contributed by atoms with Crippen LogP contribution in [-0.2, 0) is 6.54 Å². The molecule has 5 nitrogen and oxygen atoms in total. The highest BCUT2D eigenvalue weighted by Gasteiger charge is 2.20. The summed E-state index contributed by atoms with van der Waals surface area (Å²) in [6, 6.07) is 8.66. The van der Waals surface area contributed by atoms with Crippen molar-refractivity contribution in [2.75, 3.05) is 33.3 Å². The maximum absolute atomic E-state index is 5.27. The molecule has 1 atom stereocenters. The third-order valence-corrected chi connectivity index (χ3v) is 4.53. The Morgan fingerprint density at radius 3 is 2.64 bits per heavy atom. The molecule has 1 unspecified atom stereocenters. The summed E-state index contributed by atoms with van der Waals surface area (Å²) in [5, 5.41) is 6.85. The molecule has 0 bridgehead atoms. The van der Waals surface area contributed by atoms with Crippen LogP contribution >= 0.6 is 24.0 Å². The average Bonchev–Trinajstić information content (AvgIpc) is 3.14. The Balaban J connectivity index is 0.00000312. The number of likely N-dealkylation sites (tertiary alicyclic amines) is 1. The Morgan fingerprint density at radius 2 is 2.00 bits per heavy atom. The van der Waals surface area contributed by atoms with E-state index in [0.29, 0.717) is 12.6 Å². The summed E-state index contributed by atoms with van der Waals surface area (Å²) in [6.07, 6.45) is 3.84. The molecule has 1 heterocycles. The molecule has 0 aromatic heterocycles. The minimum atomic E-state index is 0. The van der Waals surface area contributed by atoms with Gasteiger partial charge in [-0.25, -0.2) is 4.99 Å². The first-order valence-corrected chi connectivity index (χ1v) is 9.16. The summed E-state index contributed by atoms with van der Waals surface area (Å²) in [6.45, 7) is 9.29. The monoisotopic (exact) mass is 460 g/mol. The number of benzene rings is 1. The van der Waals surface area contributed by atoms with E-state index in [1.54, 1.807) is 7.11 Å². The van der Waals surface area contributed by atoms with Crippen LogP contribution in [-0.4, -0.2) is 50.2 Å². The summed E-state index contributed by atoms with van der Waals surface area (Å²) >= 11 is 0. The number of ether oxygens (including phenoxy) is 1. The largest absolute Gasteiger partial charge is 0.497 e. The molecule has 0 saturated carbocycles. The highest BCUT2D eigenvalue weighted by molar-refractivity contribution is 14.0. The van der Waals surface area contributed by atoms with Gasteiger partial charge in [0.15, 0.2) is 5.96 Å². The Labute approximate surface area is 169 Å². The standard InChI is InChI=1S/C19H32N4O.HI/c1-4-17(23-11-6-7-12-23)15-22-19(20-5-2)21-14-16-9-8-10-18(13-16)24-3;/h8-10,13,17H,4-7,11-12,14-15H2,1-3H3,(H2,20,21,22);1H. The van der Waals surface area contributed by atoms with Crippen molar-refractivity contribution < 1.29 is 4.74 Å². The molecule has 0 amide bonds. The minimum Gasteiger partial charge on any atom is -0.497 e. The first kappa shape index (κ1) is 22.0. The fraction of sp³-hybridized carbons (Fsp3) is 0.632. The molecule has 0 radical (unpaired) electrons. The SMILES string of the molecule is CCNC(=NCc1cccc(OC)c1)NCC(CC)N1CCCC1.I. The molecule has 1 aromatic carbocycles. The summed E-state index contributed by atoms with van der Waals surface area (Å²) in [4.78, 5) is 7.31. The fourth-order valence-corrected chi connectivity index (χ4v) is 3.14. The topological polar surface area (TPSA) is 48.9 Å². The Morgan fingerprint density at radius 1 is 1.24 bits per heavy atom. The normalized spacial score (nSPS) is 16.2. The molecule has 142 valence electrons. The van der Waals surface area contributed by atoms with Gasteiger partial charge in [0.05, 0.1) is 13.7 Å². The Hall–Kier alpha value is -1.02. The van der Waals surface area contributed by atoms with Crippen LogP contribution in [0.5, 0.6) is 5.75 Å². The van der Waals surface area contributed by atoms with E-state index in [9.17, 15) is 0 Å². The quantitative estimate of drug-likeness (QED) is 0.355. The van der Waals surface area contributed by atoms with Gasteiger partial charge in [0.2, 0.25) is 0 Å². The van der Waals surface area contributed by atoms with Gasteiger partial charge < -0.3 is 15.4 Å². The zero-order valence-corrected chi connectivity index (χ0v) is 18.1. The highest BCUT2D eigenvalue weighted by atomic mass is 127. The first-order chi connectivity index (χ1) is 11.8. The zero-order chi connectivity index (χ0) is 17.2. The smallest absolute Gasteiger partial charge is 0.191 e. The third kappa shape index (κ3) is 7.40. The summed E-state index contributed by atoms with van der Waals surface area (Å²) in [5.74, 6) is 1.76. The van der Waals surface area contributed by atoms with Gasteiger partial charge in [-0.3, -0.25) is 4.90 Å². The number of guanidine groups is 1. The molecule has 2 rings (SSSR count). The second-order valence-electron chi connectivity index (χ2n) is 6.23. The van der Waals surface area contributed by atoms with Crippen molar-refractivity contribution in [2.24, 2.45) is 4.99 Å². The maximum atomic E-state index is 5.27. The number of methoxy groups -OCH3 is 1.